The molecule has 1 amide bonds. The number of amides is 1. The summed E-state index contributed by atoms with van der Waals surface area (Å²) >= 11 is 0. The van der Waals surface area contributed by atoms with Crippen LogP contribution < -0.4 is 14.8 Å². The molecule has 0 atom stereocenters. The molecular formula is C23H27FN6O4S. The van der Waals surface area contributed by atoms with Crippen molar-refractivity contribution in [3.63, 3.8) is 0 Å². The number of aromatic nitrogens is 4. The third-order valence-corrected chi connectivity index (χ3v) is 5.56. The van der Waals surface area contributed by atoms with E-state index in [1.807, 2.05) is 13.8 Å². The van der Waals surface area contributed by atoms with Crippen LogP contribution in [0.25, 0.3) is 11.3 Å². The molecule has 186 valence electrons. The normalized spacial score (nSPS) is 12.0. The number of benzene rings is 1. The van der Waals surface area contributed by atoms with E-state index in [9.17, 15) is 17.6 Å². The van der Waals surface area contributed by atoms with Crippen molar-refractivity contribution in [2.75, 3.05) is 11.6 Å². The highest BCUT2D eigenvalue weighted by Gasteiger charge is 2.32. The van der Waals surface area contributed by atoms with Gasteiger partial charge in [0.25, 0.3) is 0 Å². The molecule has 1 aromatic carbocycles. The number of carbonyl (C=O) groups is 1. The maximum atomic E-state index is 14.9. The molecule has 0 spiro atoms. The third-order valence-electron chi connectivity index (χ3n) is 4.89. The number of hydrogen-bond acceptors (Lipinski definition) is 8. The summed E-state index contributed by atoms with van der Waals surface area (Å²) in [6.45, 7) is 6.86. The van der Waals surface area contributed by atoms with Crippen molar-refractivity contribution in [3.8, 4) is 17.1 Å². The van der Waals surface area contributed by atoms with Crippen molar-refractivity contribution in [3.05, 3.63) is 60.2 Å². The van der Waals surface area contributed by atoms with E-state index in [1.54, 1.807) is 26.0 Å². The lowest BCUT2D eigenvalue weighted by Gasteiger charge is -2.23. The van der Waals surface area contributed by atoms with Gasteiger partial charge in [-0.05, 0) is 45.9 Å². The summed E-state index contributed by atoms with van der Waals surface area (Å²) in [5, 5.41) is 2.59. The zero-order valence-corrected chi connectivity index (χ0v) is 20.9. The molecule has 0 fully saturated rings. The second-order valence-corrected chi connectivity index (χ2v) is 10.5. The molecule has 12 heteroatoms. The van der Waals surface area contributed by atoms with Gasteiger partial charge in [-0.15, -0.1) is 0 Å². The Bertz CT molecular complexity index is 1330. The predicted octanol–water partition coefficient (Wildman–Crippen LogP) is 2.83. The summed E-state index contributed by atoms with van der Waals surface area (Å²) in [5.41, 5.74) is 0.0748. The molecule has 0 unspecified atom stereocenters. The molecule has 2 heterocycles. The minimum atomic E-state index is -3.43. The fraction of sp³-hybridized carbons (Fsp3) is 0.348. The van der Waals surface area contributed by atoms with Crippen molar-refractivity contribution in [2.24, 2.45) is 0 Å². The van der Waals surface area contributed by atoms with E-state index in [0.29, 0.717) is 22.8 Å². The quantitative estimate of drug-likeness (QED) is 0.456. The lowest BCUT2D eigenvalue weighted by molar-refractivity contribution is -0.120. The molecule has 0 aliphatic rings. The topological polar surface area (TPSA) is 136 Å². The van der Waals surface area contributed by atoms with Crippen LogP contribution in [-0.2, 0) is 26.8 Å². The van der Waals surface area contributed by atoms with Crippen molar-refractivity contribution >= 4 is 21.6 Å². The Morgan fingerprint density at radius 1 is 1.17 bits per heavy atom. The zero-order chi connectivity index (χ0) is 25.8. The average Bonchev–Trinajstić information content (AvgIpc) is 2.78. The lowest BCUT2D eigenvalue weighted by Crippen LogP contribution is -2.36. The molecule has 10 nitrogen and oxygen atoms in total. The third kappa shape index (κ3) is 6.99. The van der Waals surface area contributed by atoms with E-state index < -0.39 is 27.2 Å². The Balaban J connectivity index is 1.77. The number of anilines is 1. The largest absolute Gasteiger partial charge is 0.474 e. The number of carbonyl (C=O) groups excluding carboxylic acids is 1. The summed E-state index contributed by atoms with van der Waals surface area (Å²) in [6.07, 6.45) is 5.35. The van der Waals surface area contributed by atoms with Gasteiger partial charge in [-0.1, -0.05) is 6.07 Å². The minimum absolute atomic E-state index is 0.0117. The van der Waals surface area contributed by atoms with E-state index in [0.717, 1.165) is 6.26 Å². The summed E-state index contributed by atoms with van der Waals surface area (Å²) in [7, 11) is -3.43. The summed E-state index contributed by atoms with van der Waals surface area (Å²) in [4.78, 5) is 29.8. The molecule has 0 saturated heterocycles. The van der Waals surface area contributed by atoms with Gasteiger partial charge in [-0.25, -0.2) is 32.5 Å². The molecular weight excluding hydrogens is 475 g/mol. The molecule has 0 saturated carbocycles. The molecule has 3 rings (SSSR count). The highest BCUT2D eigenvalue weighted by molar-refractivity contribution is 7.88. The number of hydrogen-bond donors (Lipinski definition) is 2. The number of halogens is 1. The van der Waals surface area contributed by atoms with Gasteiger partial charge in [-0.3, -0.25) is 9.78 Å². The fourth-order valence-corrected chi connectivity index (χ4v) is 3.38. The van der Waals surface area contributed by atoms with Crippen molar-refractivity contribution in [1.82, 2.24) is 24.7 Å². The van der Waals surface area contributed by atoms with E-state index >= 15 is 0 Å². The van der Waals surface area contributed by atoms with Crippen LogP contribution in [0, 0.1) is 5.82 Å². The van der Waals surface area contributed by atoms with E-state index in [4.69, 9.17) is 4.74 Å². The summed E-state index contributed by atoms with van der Waals surface area (Å²) in [6, 6.07) is 5.87. The van der Waals surface area contributed by atoms with Crippen molar-refractivity contribution < 1.29 is 22.3 Å². The molecule has 0 radical (unpaired) electrons. The number of nitrogens with zero attached hydrogens (tertiary/aromatic N) is 4. The molecule has 0 aliphatic carbocycles. The molecule has 2 N–H and O–H groups in total. The summed E-state index contributed by atoms with van der Waals surface area (Å²) < 4.78 is 45.4. The number of nitrogens with one attached hydrogen (secondary N) is 2. The number of sulfonamides is 1. The Morgan fingerprint density at radius 2 is 1.91 bits per heavy atom. The smallest absolute Gasteiger partial charge is 0.236 e. The molecule has 3 aromatic rings. The van der Waals surface area contributed by atoms with Gasteiger partial charge in [0.2, 0.25) is 21.8 Å². The minimum Gasteiger partial charge on any atom is -0.474 e. The maximum Gasteiger partial charge on any atom is 0.236 e. The van der Waals surface area contributed by atoms with Crippen LogP contribution in [0.15, 0.2) is 42.9 Å². The van der Waals surface area contributed by atoms with Crippen LogP contribution in [0.4, 0.5) is 10.1 Å². The van der Waals surface area contributed by atoms with E-state index in [2.05, 4.69) is 30.0 Å². The first kappa shape index (κ1) is 26.1. The standard InChI is InChI=1S/C23H27FN6O4S/c1-14(2)34-21-13-25-11-18(28-21)15-6-7-17(16(24)10-15)29-22(31)23(3,4)19-8-9-26-20(30-19)12-27-35(5,32)33/h6-11,13-14,27H,12H2,1-5H3,(H,29,31). The number of ether oxygens (including phenoxy) is 1. The van der Waals surface area contributed by atoms with Crippen LogP contribution >= 0.6 is 0 Å². The van der Waals surface area contributed by atoms with Gasteiger partial charge < -0.3 is 10.1 Å². The second kappa shape index (κ2) is 10.4. The van der Waals surface area contributed by atoms with Gasteiger partial charge >= 0.3 is 0 Å². The van der Waals surface area contributed by atoms with Crippen LogP contribution in [0.1, 0.15) is 39.2 Å². The molecule has 35 heavy (non-hydrogen) atoms. The van der Waals surface area contributed by atoms with E-state index in [1.165, 1.54) is 30.7 Å². The number of rotatable bonds is 9. The van der Waals surface area contributed by atoms with Gasteiger partial charge in [0.15, 0.2) is 0 Å². The first-order valence-electron chi connectivity index (χ1n) is 10.7. The monoisotopic (exact) mass is 502 g/mol. The Labute approximate surface area is 203 Å². The second-order valence-electron chi connectivity index (χ2n) is 8.63. The van der Waals surface area contributed by atoms with Gasteiger partial charge in [0.1, 0.15) is 11.6 Å². The SMILES string of the molecule is CC(C)Oc1cncc(-c2ccc(NC(=O)C(C)(C)c3ccnc(CNS(C)(=O)=O)n3)c(F)c2)n1. The highest BCUT2D eigenvalue weighted by Crippen LogP contribution is 2.27. The van der Waals surface area contributed by atoms with Gasteiger partial charge in [-0.2, -0.15) is 0 Å². The highest BCUT2D eigenvalue weighted by atomic mass is 32.2. The first-order chi connectivity index (χ1) is 16.3. The lowest BCUT2D eigenvalue weighted by atomic mass is 9.87. The maximum absolute atomic E-state index is 14.9. The van der Waals surface area contributed by atoms with Crippen LogP contribution in [0.5, 0.6) is 5.88 Å². The average molecular weight is 503 g/mol. The Kier molecular flexibility index (Phi) is 7.76. The fourth-order valence-electron chi connectivity index (χ4n) is 2.98. The van der Waals surface area contributed by atoms with Gasteiger partial charge in [0.05, 0.1) is 53.8 Å². The Morgan fingerprint density at radius 3 is 2.57 bits per heavy atom. The first-order valence-corrected chi connectivity index (χ1v) is 12.6. The predicted molar refractivity (Wildman–Crippen MR) is 129 cm³/mol. The zero-order valence-electron chi connectivity index (χ0n) is 20.0. The molecule has 0 aliphatic heterocycles. The van der Waals surface area contributed by atoms with Crippen LogP contribution in [-0.4, -0.2) is 46.6 Å². The molecule has 0 bridgehead atoms. The van der Waals surface area contributed by atoms with Crippen LogP contribution in [0.2, 0.25) is 0 Å². The molecule has 2 aromatic heterocycles. The van der Waals surface area contributed by atoms with E-state index in [-0.39, 0.29) is 24.2 Å². The van der Waals surface area contributed by atoms with Crippen LogP contribution in [0.3, 0.4) is 0 Å². The summed E-state index contributed by atoms with van der Waals surface area (Å²) in [5.74, 6) is -0.622. The Hall–Kier alpha value is -3.51. The van der Waals surface area contributed by atoms with Crippen molar-refractivity contribution in [1.29, 1.82) is 0 Å². The van der Waals surface area contributed by atoms with Gasteiger partial charge in [0, 0.05) is 11.8 Å². The van der Waals surface area contributed by atoms with Crippen molar-refractivity contribution in [2.45, 2.75) is 45.8 Å².